The molecule has 27 heavy (non-hydrogen) atoms. The van der Waals surface area contributed by atoms with Crippen LogP contribution in [0, 0.1) is 0 Å². The molecule has 0 saturated carbocycles. The van der Waals surface area contributed by atoms with Crippen LogP contribution in [0.15, 0.2) is 36.4 Å². The molecule has 0 aliphatic rings. The van der Waals surface area contributed by atoms with Crippen LogP contribution in [0.4, 0.5) is 5.69 Å². The summed E-state index contributed by atoms with van der Waals surface area (Å²) in [7, 11) is 5.78. The molecular formula is C19H21NO7. The van der Waals surface area contributed by atoms with E-state index in [4.69, 9.17) is 18.9 Å². The number of amides is 1. The molecular weight excluding hydrogens is 354 g/mol. The van der Waals surface area contributed by atoms with Gasteiger partial charge in [-0.1, -0.05) is 0 Å². The summed E-state index contributed by atoms with van der Waals surface area (Å²) in [5.74, 6) is 0.906. The molecule has 0 atom stereocenters. The summed E-state index contributed by atoms with van der Waals surface area (Å²) < 4.78 is 25.8. The Labute approximate surface area is 156 Å². The van der Waals surface area contributed by atoms with Crippen LogP contribution in [0.2, 0.25) is 0 Å². The van der Waals surface area contributed by atoms with E-state index in [1.54, 1.807) is 36.4 Å². The lowest BCUT2D eigenvalue weighted by atomic mass is 10.2. The fourth-order valence-electron chi connectivity index (χ4n) is 2.30. The fraction of sp³-hybridized carbons (Fsp3) is 0.263. The minimum Gasteiger partial charge on any atom is -0.493 e. The summed E-state index contributed by atoms with van der Waals surface area (Å²) in [6.07, 6.45) is 0. The Hall–Kier alpha value is -3.42. The van der Waals surface area contributed by atoms with Crippen LogP contribution in [-0.2, 0) is 9.53 Å². The predicted molar refractivity (Wildman–Crippen MR) is 98.0 cm³/mol. The van der Waals surface area contributed by atoms with Crippen molar-refractivity contribution in [3.63, 3.8) is 0 Å². The molecule has 144 valence electrons. The molecule has 0 saturated heterocycles. The van der Waals surface area contributed by atoms with Gasteiger partial charge in [0.25, 0.3) is 5.91 Å². The van der Waals surface area contributed by atoms with Gasteiger partial charge in [0.15, 0.2) is 18.1 Å². The number of hydrogen-bond donors (Lipinski definition) is 1. The number of anilines is 1. The number of nitrogens with one attached hydrogen (secondary N) is 1. The summed E-state index contributed by atoms with van der Waals surface area (Å²) in [5.41, 5.74) is 0.867. The van der Waals surface area contributed by atoms with Gasteiger partial charge in [-0.2, -0.15) is 0 Å². The molecule has 0 spiro atoms. The molecule has 1 amide bonds. The van der Waals surface area contributed by atoms with Crippen molar-refractivity contribution in [2.24, 2.45) is 0 Å². The Kier molecular flexibility index (Phi) is 6.87. The summed E-state index contributed by atoms with van der Waals surface area (Å²) in [5, 5.41) is 2.70. The fourth-order valence-corrected chi connectivity index (χ4v) is 2.30. The highest BCUT2D eigenvalue weighted by atomic mass is 16.5. The standard InChI is InChI=1S/C19H21NO7/c1-23-15-9-13(10-16(24-2)18(15)25-3)20-17(21)11-27-14-7-5-12(6-8-14)19(22)26-4/h5-10H,11H2,1-4H3,(H,20,21). The molecule has 1 N–H and O–H groups in total. The van der Waals surface area contributed by atoms with E-state index >= 15 is 0 Å². The minimum absolute atomic E-state index is 0.214. The van der Waals surface area contributed by atoms with Crippen LogP contribution < -0.4 is 24.3 Å². The largest absolute Gasteiger partial charge is 0.493 e. The third-order valence-electron chi connectivity index (χ3n) is 3.59. The van der Waals surface area contributed by atoms with E-state index in [0.717, 1.165) is 0 Å². The summed E-state index contributed by atoms with van der Waals surface area (Å²) >= 11 is 0. The third kappa shape index (κ3) is 5.04. The number of hydrogen-bond acceptors (Lipinski definition) is 7. The van der Waals surface area contributed by atoms with Crippen LogP contribution >= 0.6 is 0 Å². The number of rotatable bonds is 8. The number of methoxy groups -OCH3 is 4. The van der Waals surface area contributed by atoms with Gasteiger partial charge < -0.3 is 29.0 Å². The molecule has 0 unspecified atom stereocenters. The summed E-state index contributed by atoms with van der Waals surface area (Å²) in [6.45, 7) is -0.214. The SMILES string of the molecule is COC(=O)c1ccc(OCC(=O)Nc2cc(OC)c(OC)c(OC)c2)cc1. The summed E-state index contributed by atoms with van der Waals surface area (Å²) in [6, 6.07) is 9.50. The zero-order valence-electron chi connectivity index (χ0n) is 15.5. The second-order valence-corrected chi connectivity index (χ2v) is 5.27. The molecule has 8 heteroatoms. The van der Waals surface area contributed by atoms with Crippen LogP contribution in [-0.4, -0.2) is 46.9 Å². The second kappa shape index (κ2) is 9.33. The summed E-state index contributed by atoms with van der Waals surface area (Å²) in [4.78, 5) is 23.5. The van der Waals surface area contributed by atoms with Crippen molar-refractivity contribution >= 4 is 17.6 Å². The van der Waals surface area contributed by atoms with Crippen molar-refractivity contribution in [2.45, 2.75) is 0 Å². The molecule has 0 radical (unpaired) electrons. The Morgan fingerprint density at radius 1 is 0.889 bits per heavy atom. The van der Waals surface area contributed by atoms with Crippen molar-refractivity contribution < 1.29 is 33.3 Å². The average Bonchev–Trinajstić information content (AvgIpc) is 2.71. The zero-order valence-corrected chi connectivity index (χ0v) is 15.5. The highest BCUT2D eigenvalue weighted by Gasteiger charge is 2.15. The molecule has 0 aliphatic heterocycles. The van der Waals surface area contributed by atoms with Gasteiger partial charge in [0.1, 0.15) is 5.75 Å². The molecule has 0 aromatic heterocycles. The first kappa shape index (κ1) is 19.9. The molecule has 0 fully saturated rings. The molecule has 0 aliphatic carbocycles. The zero-order chi connectivity index (χ0) is 19.8. The van der Waals surface area contributed by atoms with Gasteiger partial charge in [0.2, 0.25) is 5.75 Å². The smallest absolute Gasteiger partial charge is 0.337 e. The van der Waals surface area contributed by atoms with Crippen molar-refractivity contribution in [3.8, 4) is 23.0 Å². The Morgan fingerprint density at radius 2 is 1.48 bits per heavy atom. The van der Waals surface area contributed by atoms with Crippen LogP contribution in [0.1, 0.15) is 10.4 Å². The maximum absolute atomic E-state index is 12.1. The average molecular weight is 375 g/mol. The molecule has 0 heterocycles. The van der Waals surface area contributed by atoms with Crippen molar-refractivity contribution in [3.05, 3.63) is 42.0 Å². The first-order chi connectivity index (χ1) is 13.0. The Morgan fingerprint density at radius 3 is 1.96 bits per heavy atom. The number of carbonyl (C=O) groups excluding carboxylic acids is 2. The molecule has 0 bridgehead atoms. The van der Waals surface area contributed by atoms with Gasteiger partial charge in [-0.25, -0.2) is 4.79 Å². The van der Waals surface area contributed by atoms with E-state index in [-0.39, 0.29) is 12.5 Å². The third-order valence-corrected chi connectivity index (χ3v) is 3.59. The number of esters is 1. The first-order valence-electron chi connectivity index (χ1n) is 7.93. The van der Waals surface area contributed by atoms with Crippen molar-refractivity contribution in [1.29, 1.82) is 0 Å². The maximum atomic E-state index is 12.1. The molecule has 8 nitrogen and oxygen atoms in total. The number of carbonyl (C=O) groups is 2. The van der Waals surface area contributed by atoms with Crippen LogP contribution in [0.5, 0.6) is 23.0 Å². The normalized spacial score (nSPS) is 9.93. The Bertz CT molecular complexity index is 777. The van der Waals surface area contributed by atoms with Gasteiger partial charge in [-0.15, -0.1) is 0 Å². The number of benzene rings is 2. The van der Waals surface area contributed by atoms with E-state index in [2.05, 4.69) is 10.1 Å². The van der Waals surface area contributed by atoms with Crippen molar-refractivity contribution in [1.82, 2.24) is 0 Å². The second-order valence-electron chi connectivity index (χ2n) is 5.27. The van der Waals surface area contributed by atoms with Crippen LogP contribution in [0.3, 0.4) is 0 Å². The van der Waals surface area contributed by atoms with E-state index in [1.807, 2.05) is 0 Å². The van der Waals surface area contributed by atoms with E-state index in [0.29, 0.717) is 34.2 Å². The quantitative estimate of drug-likeness (QED) is 0.709. The molecule has 2 aromatic rings. The first-order valence-corrected chi connectivity index (χ1v) is 7.93. The number of ether oxygens (including phenoxy) is 5. The van der Waals surface area contributed by atoms with E-state index < -0.39 is 5.97 Å². The topological polar surface area (TPSA) is 92.3 Å². The maximum Gasteiger partial charge on any atom is 0.337 e. The van der Waals surface area contributed by atoms with E-state index in [1.165, 1.54) is 28.4 Å². The lowest BCUT2D eigenvalue weighted by Crippen LogP contribution is -2.20. The van der Waals surface area contributed by atoms with Gasteiger partial charge in [0.05, 0.1) is 34.0 Å². The van der Waals surface area contributed by atoms with Gasteiger partial charge in [-0.3, -0.25) is 4.79 Å². The molecule has 2 rings (SSSR count). The highest BCUT2D eigenvalue weighted by Crippen LogP contribution is 2.39. The monoisotopic (exact) mass is 375 g/mol. The van der Waals surface area contributed by atoms with E-state index in [9.17, 15) is 9.59 Å². The lowest BCUT2D eigenvalue weighted by molar-refractivity contribution is -0.118. The minimum atomic E-state index is -0.443. The lowest BCUT2D eigenvalue weighted by Gasteiger charge is -2.14. The van der Waals surface area contributed by atoms with Gasteiger partial charge in [0, 0.05) is 17.8 Å². The van der Waals surface area contributed by atoms with Gasteiger partial charge >= 0.3 is 5.97 Å². The van der Waals surface area contributed by atoms with Gasteiger partial charge in [-0.05, 0) is 24.3 Å². The Balaban J connectivity index is 2.00. The predicted octanol–water partition coefficient (Wildman–Crippen LogP) is 2.52. The van der Waals surface area contributed by atoms with Crippen molar-refractivity contribution in [2.75, 3.05) is 40.4 Å². The molecule has 2 aromatic carbocycles. The van der Waals surface area contributed by atoms with Crippen LogP contribution in [0.25, 0.3) is 0 Å². The highest BCUT2D eigenvalue weighted by molar-refractivity contribution is 5.92.